The maximum atomic E-state index is 12.7. The lowest BCUT2D eigenvalue weighted by atomic mass is 9.55. The zero-order chi connectivity index (χ0) is 22.2. The van der Waals surface area contributed by atoms with Crippen molar-refractivity contribution in [3.63, 3.8) is 0 Å². The molecule has 7 nitrogen and oxygen atoms in total. The fraction of sp³-hybridized carbons (Fsp3) is 0.957. The molecule has 2 aliphatic carbocycles. The molecular weight excluding hydrogens is 386 g/mol. The van der Waals surface area contributed by atoms with Crippen LogP contribution in [-0.2, 0) is 14.2 Å². The maximum absolute atomic E-state index is 12.7. The van der Waals surface area contributed by atoms with Crippen LogP contribution in [0.2, 0.25) is 0 Å². The minimum Gasteiger partial charge on any atom is -0.444 e. The van der Waals surface area contributed by atoms with Gasteiger partial charge in [0.2, 0.25) is 0 Å². The Hall–Kier alpha value is -0.890. The van der Waals surface area contributed by atoms with E-state index < -0.39 is 22.7 Å². The molecule has 2 unspecified atom stereocenters. The summed E-state index contributed by atoms with van der Waals surface area (Å²) in [7, 11) is 1.61. The van der Waals surface area contributed by atoms with Crippen molar-refractivity contribution in [1.29, 1.82) is 0 Å². The van der Waals surface area contributed by atoms with Gasteiger partial charge >= 0.3 is 6.09 Å². The summed E-state index contributed by atoms with van der Waals surface area (Å²) in [6.07, 6.45) is 3.74. The lowest BCUT2D eigenvalue weighted by Crippen LogP contribution is -2.61. The van der Waals surface area contributed by atoms with Gasteiger partial charge in [0.1, 0.15) is 12.4 Å². The van der Waals surface area contributed by atoms with E-state index in [4.69, 9.17) is 14.2 Å². The number of hydrogen-bond donors (Lipinski definition) is 2. The predicted molar refractivity (Wildman–Crippen MR) is 113 cm³/mol. The van der Waals surface area contributed by atoms with Gasteiger partial charge in [0.25, 0.3) is 0 Å². The maximum Gasteiger partial charge on any atom is 0.410 e. The van der Waals surface area contributed by atoms with Crippen molar-refractivity contribution in [3.8, 4) is 0 Å². The van der Waals surface area contributed by atoms with Gasteiger partial charge < -0.3 is 29.3 Å². The lowest BCUT2D eigenvalue weighted by molar-refractivity contribution is -0.228. The molecule has 0 bridgehead atoms. The predicted octanol–water partition coefficient (Wildman–Crippen LogP) is 3.31. The van der Waals surface area contributed by atoms with Crippen molar-refractivity contribution >= 4 is 6.09 Å². The topological polar surface area (TPSA) is 88.5 Å². The average molecular weight is 428 g/mol. The van der Waals surface area contributed by atoms with E-state index in [1.54, 1.807) is 12.0 Å². The molecule has 3 aliphatic rings. The molecule has 1 aliphatic heterocycles. The van der Waals surface area contributed by atoms with Gasteiger partial charge in [-0.2, -0.15) is 0 Å². The number of nitrogens with zero attached hydrogens (tertiary/aromatic N) is 1. The van der Waals surface area contributed by atoms with Crippen LogP contribution in [0, 0.1) is 17.3 Å². The first kappa shape index (κ1) is 23.8. The van der Waals surface area contributed by atoms with Crippen LogP contribution in [0.5, 0.6) is 0 Å². The lowest BCUT2D eigenvalue weighted by Gasteiger charge is -2.54. The summed E-state index contributed by atoms with van der Waals surface area (Å²) < 4.78 is 17.0. The highest BCUT2D eigenvalue weighted by atomic mass is 16.7. The van der Waals surface area contributed by atoms with Gasteiger partial charge in [-0.1, -0.05) is 6.92 Å². The Balaban J connectivity index is 1.87. The number of rotatable bonds is 3. The highest BCUT2D eigenvalue weighted by Gasteiger charge is 2.68. The molecule has 0 aromatic rings. The number of ether oxygens (including phenoxy) is 3. The quantitative estimate of drug-likeness (QED) is 0.672. The number of aliphatic hydroxyl groups is 2. The summed E-state index contributed by atoms with van der Waals surface area (Å²) in [5.74, 6) is 0.680. The Bertz CT molecular complexity index is 607. The van der Waals surface area contributed by atoms with E-state index in [9.17, 15) is 15.0 Å². The third kappa shape index (κ3) is 4.36. The number of carbonyl (C=O) groups is 1. The van der Waals surface area contributed by atoms with Crippen molar-refractivity contribution in [2.45, 2.75) is 96.1 Å². The SMILES string of the molecule is COCO[C@@H]1C[C@@H](C)CC2C[C@@H](O)[C@]3(O)CCCN(C(=O)OC(C)(C)C)CCCC213. The molecule has 1 saturated heterocycles. The highest BCUT2D eigenvalue weighted by Crippen LogP contribution is 2.63. The Kier molecular flexibility index (Phi) is 7.07. The van der Waals surface area contributed by atoms with E-state index in [0.717, 1.165) is 19.3 Å². The molecule has 6 atom stereocenters. The first-order chi connectivity index (χ1) is 14.0. The monoisotopic (exact) mass is 427 g/mol. The van der Waals surface area contributed by atoms with Crippen molar-refractivity contribution < 1.29 is 29.2 Å². The van der Waals surface area contributed by atoms with Crippen LogP contribution in [0.15, 0.2) is 0 Å². The van der Waals surface area contributed by atoms with Crippen LogP contribution in [0.1, 0.15) is 72.6 Å². The molecule has 174 valence electrons. The molecule has 3 fully saturated rings. The van der Waals surface area contributed by atoms with E-state index in [1.807, 2.05) is 20.8 Å². The molecule has 0 aromatic carbocycles. The van der Waals surface area contributed by atoms with E-state index in [0.29, 0.717) is 44.7 Å². The van der Waals surface area contributed by atoms with Crippen LogP contribution in [0.25, 0.3) is 0 Å². The Morgan fingerprint density at radius 3 is 2.43 bits per heavy atom. The number of amides is 1. The summed E-state index contributed by atoms with van der Waals surface area (Å²) in [5.41, 5.74) is -2.26. The van der Waals surface area contributed by atoms with Crippen LogP contribution < -0.4 is 0 Å². The molecule has 1 amide bonds. The second kappa shape index (κ2) is 8.93. The molecule has 2 saturated carbocycles. The zero-order valence-corrected chi connectivity index (χ0v) is 19.4. The zero-order valence-electron chi connectivity index (χ0n) is 19.4. The molecule has 3 rings (SSSR count). The second-order valence-electron chi connectivity index (χ2n) is 10.7. The first-order valence-corrected chi connectivity index (χ1v) is 11.5. The van der Waals surface area contributed by atoms with E-state index in [1.165, 1.54) is 0 Å². The van der Waals surface area contributed by atoms with E-state index >= 15 is 0 Å². The molecule has 1 spiro atoms. The smallest absolute Gasteiger partial charge is 0.410 e. The third-order valence-corrected chi connectivity index (χ3v) is 7.51. The van der Waals surface area contributed by atoms with Crippen molar-refractivity contribution in [3.05, 3.63) is 0 Å². The fourth-order valence-corrected chi connectivity index (χ4v) is 6.41. The van der Waals surface area contributed by atoms with Gasteiger partial charge in [-0.3, -0.25) is 0 Å². The molecular formula is C23H41NO6. The Morgan fingerprint density at radius 1 is 1.13 bits per heavy atom. The molecule has 7 heteroatoms. The number of methoxy groups -OCH3 is 1. The van der Waals surface area contributed by atoms with Crippen LogP contribution in [0.3, 0.4) is 0 Å². The minimum absolute atomic E-state index is 0.165. The molecule has 0 radical (unpaired) electrons. The average Bonchev–Trinajstić information content (AvgIpc) is 2.88. The van der Waals surface area contributed by atoms with Gasteiger partial charge in [-0.15, -0.1) is 0 Å². The van der Waals surface area contributed by atoms with Gasteiger partial charge in [-0.05, 0) is 77.6 Å². The minimum atomic E-state index is -1.21. The summed E-state index contributed by atoms with van der Waals surface area (Å²) in [5, 5.41) is 23.0. The van der Waals surface area contributed by atoms with Crippen molar-refractivity contribution in [2.24, 2.45) is 17.3 Å². The fourth-order valence-electron chi connectivity index (χ4n) is 6.41. The highest BCUT2D eigenvalue weighted by molar-refractivity contribution is 5.68. The van der Waals surface area contributed by atoms with Crippen LogP contribution in [-0.4, -0.2) is 71.6 Å². The Morgan fingerprint density at radius 2 is 1.80 bits per heavy atom. The largest absolute Gasteiger partial charge is 0.444 e. The summed E-state index contributed by atoms with van der Waals surface area (Å²) >= 11 is 0. The molecule has 2 N–H and O–H groups in total. The van der Waals surface area contributed by atoms with Gasteiger partial charge in [0, 0.05) is 25.6 Å². The van der Waals surface area contributed by atoms with Gasteiger partial charge in [0.05, 0.1) is 17.8 Å². The van der Waals surface area contributed by atoms with Gasteiger partial charge in [0.15, 0.2) is 0 Å². The van der Waals surface area contributed by atoms with Crippen molar-refractivity contribution in [2.75, 3.05) is 27.0 Å². The normalized spacial score (nSPS) is 40.0. The summed E-state index contributed by atoms with van der Waals surface area (Å²) in [6.45, 7) is 9.12. The summed E-state index contributed by atoms with van der Waals surface area (Å²) in [6, 6.07) is 0. The van der Waals surface area contributed by atoms with Crippen molar-refractivity contribution in [1.82, 2.24) is 4.90 Å². The standard InChI is InChI=1S/C23H41NO6/c1-16-12-17-14-18(25)23(27)9-7-11-24(20(26)30-21(2,3)4)10-6-8-22(17,23)19(13-16)29-15-28-5/h16-19,25,27H,6-15H2,1-5H3/t16-,17?,18+,19+,22?,23+/m0/s1. The molecule has 0 aromatic heterocycles. The molecule has 30 heavy (non-hydrogen) atoms. The first-order valence-electron chi connectivity index (χ1n) is 11.5. The van der Waals surface area contributed by atoms with Crippen LogP contribution >= 0.6 is 0 Å². The molecule has 1 heterocycles. The van der Waals surface area contributed by atoms with E-state index in [-0.39, 0.29) is 24.9 Å². The number of carbonyl (C=O) groups excluding carboxylic acids is 1. The van der Waals surface area contributed by atoms with E-state index in [2.05, 4.69) is 6.92 Å². The third-order valence-electron chi connectivity index (χ3n) is 7.51. The summed E-state index contributed by atoms with van der Waals surface area (Å²) in [4.78, 5) is 14.4. The number of aliphatic hydroxyl groups excluding tert-OH is 1. The van der Waals surface area contributed by atoms with Gasteiger partial charge in [-0.25, -0.2) is 4.79 Å². The van der Waals surface area contributed by atoms with Crippen LogP contribution in [0.4, 0.5) is 4.79 Å². The number of hydrogen-bond acceptors (Lipinski definition) is 6. The second-order valence-corrected chi connectivity index (χ2v) is 10.7. The Labute approximate surface area is 181 Å².